The minimum absolute atomic E-state index is 0.157. The first kappa shape index (κ1) is 22.3. The molecule has 1 fully saturated rings. The maximum atomic E-state index is 14.7. The lowest BCUT2D eigenvalue weighted by Gasteiger charge is -2.50. The molecular formula is C23H25F3N4O2. The van der Waals surface area contributed by atoms with Crippen LogP contribution in [-0.2, 0) is 16.0 Å². The number of nitrogens with one attached hydrogen (secondary N) is 2. The molecule has 0 radical (unpaired) electrons. The van der Waals surface area contributed by atoms with Crippen molar-refractivity contribution in [1.82, 2.24) is 15.5 Å². The van der Waals surface area contributed by atoms with E-state index in [1.54, 1.807) is 39.1 Å². The van der Waals surface area contributed by atoms with Gasteiger partial charge in [-0.15, -0.1) is 0 Å². The van der Waals surface area contributed by atoms with Gasteiger partial charge >= 0.3 is 0 Å². The highest BCUT2D eigenvalue weighted by Gasteiger charge is 2.58. The number of aliphatic imine (C=N–C) groups is 1. The summed E-state index contributed by atoms with van der Waals surface area (Å²) >= 11 is 0. The van der Waals surface area contributed by atoms with E-state index < -0.39 is 42.4 Å². The predicted molar refractivity (Wildman–Crippen MR) is 114 cm³/mol. The van der Waals surface area contributed by atoms with Crippen LogP contribution in [0, 0.1) is 5.82 Å². The Morgan fingerprint density at radius 3 is 2.66 bits per heavy atom. The number of nitrogens with zero attached hydrogens (tertiary/aromatic N) is 2. The van der Waals surface area contributed by atoms with Gasteiger partial charge < -0.3 is 15.5 Å². The van der Waals surface area contributed by atoms with E-state index in [4.69, 9.17) is 0 Å². The molecule has 6 nitrogen and oxygen atoms in total. The molecule has 4 rings (SSSR count). The third-order valence-electron chi connectivity index (χ3n) is 6.36. The van der Waals surface area contributed by atoms with Crippen LogP contribution in [0.5, 0.6) is 0 Å². The Labute approximate surface area is 184 Å². The summed E-state index contributed by atoms with van der Waals surface area (Å²) in [4.78, 5) is 31.7. The summed E-state index contributed by atoms with van der Waals surface area (Å²) in [5, 5.41) is 5.54. The lowest BCUT2D eigenvalue weighted by atomic mass is 9.72. The molecule has 1 aromatic rings. The van der Waals surface area contributed by atoms with Gasteiger partial charge in [-0.1, -0.05) is 12.1 Å². The Balaban J connectivity index is 1.85. The van der Waals surface area contributed by atoms with Crippen molar-refractivity contribution >= 4 is 17.5 Å². The number of likely N-dealkylation sites (N-methyl/N-ethyl adjacent to an activating group) is 1. The quantitative estimate of drug-likeness (QED) is 0.698. The van der Waals surface area contributed by atoms with Crippen molar-refractivity contribution in [2.75, 3.05) is 19.6 Å². The molecule has 3 heterocycles. The van der Waals surface area contributed by atoms with E-state index in [0.29, 0.717) is 29.8 Å². The van der Waals surface area contributed by atoms with Gasteiger partial charge in [0.25, 0.3) is 17.7 Å². The van der Waals surface area contributed by atoms with Gasteiger partial charge in [-0.25, -0.2) is 13.2 Å². The first-order chi connectivity index (χ1) is 15.1. The highest BCUT2D eigenvalue weighted by Crippen LogP contribution is 2.42. The molecule has 9 heteroatoms. The predicted octanol–water partition coefficient (Wildman–Crippen LogP) is 2.37. The average Bonchev–Trinajstić information content (AvgIpc) is 2.83. The van der Waals surface area contributed by atoms with Crippen molar-refractivity contribution < 1.29 is 22.8 Å². The zero-order valence-corrected chi connectivity index (χ0v) is 18.1. The van der Waals surface area contributed by atoms with Gasteiger partial charge in [-0.05, 0) is 56.0 Å². The molecule has 170 valence electrons. The number of rotatable bonds is 4. The van der Waals surface area contributed by atoms with E-state index in [0.717, 1.165) is 10.5 Å². The van der Waals surface area contributed by atoms with Gasteiger partial charge in [-0.2, -0.15) is 0 Å². The number of alkyl halides is 2. The fraction of sp³-hybridized carbons (Fsp3) is 0.435. The van der Waals surface area contributed by atoms with Crippen molar-refractivity contribution in [3.05, 3.63) is 58.6 Å². The average molecular weight is 446 g/mol. The molecule has 0 bridgehead atoms. The van der Waals surface area contributed by atoms with E-state index in [-0.39, 0.29) is 11.4 Å². The van der Waals surface area contributed by atoms with Gasteiger partial charge in [0.2, 0.25) is 0 Å². The number of hydrogen-bond acceptors (Lipinski definition) is 4. The Bertz CT molecular complexity index is 1060. The molecule has 1 aromatic carbocycles. The molecule has 2 N–H and O–H groups in total. The normalized spacial score (nSPS) is 26.8. The monoisotopic (exact) mass is 446 g/mol. The Hall–Kier alpha value is -2.94. The number of benzene rings is 1. The first-order valence-corrected chi connectivity index (χ1v) is 10.5. The van der Waals surface area contributed by atoms with Crippen LogP contribution in [0.25, 0.3) is 0 Å². The van der Waals surface area contributed by atoms with Crippen LogP contribution in [0.3, 0.4) is 0 Å². The molecule has 3 aliphatic rings. The molecule has 2 unspecified atom stereocenters. The molecule has 1 saturated heterocycles. The van der Waals surface area contributed by atoms with Gasteiger partial charge in [-0.3, -0.25) is 14.6 Å². The molecule has 2 atom stereocenters. The van der Waals surface area contributed by atoms with Gasteiger partial charge in [0.15, 0.2) is 0 Å². The minimum Gasteiger partial charge on any atom is -0.352 e. The number of carbonyl (C=O) groups is 2. The molecular weight excluding hydrogens is 421 g/mol. The molecule has 3 aliphatic heterocycles. The molecule has 2 amide bonds. The molecule has 0 saturated carbocycles. The number of amides is 2. The van der Waals surface area contributed by atoms with Crippen LogP contribution in [-0.4, -0.2) is 59.6 Å². The highest BCUT2D eigenvalue weighted by molar-refractivity contribution is 6.29. The summed E-state index contributed by atoms with van der Waals surface area (Å²) in [5.74, 6) is -4.89. The zero-order chi connectivity index (χ0) is 23.3. The van der Waals surface area contributed by atoms with Gasteiger partial charge in [0.1, 0.15) is 16.9 Å². The fourth-order valence-electron chi connectivity index (χ4n) is 4.84. The summed E-state index contributed by atoms with van der Waals surface area (Å²) in [6.07, 6.45) is 1.96. The highest BCUT2D eigenvalue weighted by atomic mass is 19.3. The lowest BCUT2D eigenvalue weighted by Crippen LogP contribution is -2.69. The molecule has 0 aromatic heterocycles. The second kappa shape index (κ2) is 7.88. The van der Waals surface area contributed by atoms with Gasteiger partial charge in [0, 0.05) is 12.7 Å². The standard InChI is InChI=1S/C23H25F3N4O2/c1-4-27-20(31)17-13(2)18-22(3)19(29-11-23(25,26)12-30(22)21(17)32)15(10-28-18)9-14-5-7-16(24)8-6-14/h5-8,10,19,29H,4,9,11-12H2,1-3H3,(H,27,31). The maximum absolute atomic E-state index is 14.7. The Morgan fingerprint density at radius 1 is 1.31 bits per heavy atom. The van der Waals surface area contributed by atoms with Crippen molar-refractivity contribution in [2.24, 2.45) is 4.99 Å². The third-order valence-corrected chi connectivity index (χ3v) is 6.36. The number of halogens is 3. The second-order valence-electron chi connectivity index (χ2n) is 8.55. The molecule has 0 aliphatic carbocycles. The zero-order valence-electron chi connectivity index (χ0n) is 18.1. The molecule has 0 spiro atoms. The van der Waals surface area contributed by atoms with Crippen LogP contribution in [0.1, 0.15) is 26.3 Å². The van der Waals surface area contributed by atoms with Gasteiger partial charge in [0.05, 0.1) is 24.8 Å². The first-order valence-electron chi connectivity index (χ1n) is 10.5. The van der Waals surface area contributed by atoms with Crippen molar-refractivity contribution in [1.29, 1.82) is 0 Å². The summed E-state index contributed by atoms with van der Waals surface area (Å²) < 4.78 is 42.8. The smallest absolute Gasteiger partial charge is 0.277 e. The topological polar surface area (TPSA) is 73.8 Å². The summed E-state index contributed by atoms with van der Waals surface area (Å²) in [6, 6.07) is 5.29. The largest absolute Gasteiger partial charge is 0.352 e. The van der Waals surface area contributed by atoms with Crippen molar-refractivity contribution in [3.63, 3.8) is 0 Å². The van der Waals surface area contributed by atoms with E-state index in [1.807, 2.05) is 0 Å². The number of carbonyl (C=O) groups excluding carboxylic acids is 2. The van der Waals surface area contributed by atoms with Crippen LogP contribution in [0.2, 0.25) is 0 Å². The summed E-state index contributed by atoms with van der Waals surface area (Å²) in [5.41, 5.74) is 0.927. The Kier molecular flexibility index (Phi) is 5.48. The van der Waals surface area contributed by atoms with E-state index in [2.05, 4.69) is 15.6 Å². The van der Waals surface area contributed by atoms with E-state index >= 15 is 0 Å². The summed E-state index contributed by atoms with van der Waals surface area (Å²) in [7, 11) is 0. The van der Waals surface area contributed by atoms with Crippen LogP contribution >= 0.6 is 0 Å². The van der Waals surface area contributed by atoms with Crippen LogP contribution < -0.4 is 10.6 Å². The molecule has 32 heavy (non-hydrogen) atoms. The third kappa shape index (κ3) is 3.54. The number of hydrogen-bond donors (Lipinski definition) is 2. The van der Waals surface area contributed by atoms with Crippen molar-refractivity contribution in [2.45, 2.75) is 44.7 Å². The van der Waals surface area contributed by atoms with E-state index in [9.17, 15) is 22.8 Å². The second-order valence-corrected chi connectivity index (χ2v) is 8.55. The fourth-order valence-corrected chi connectivity index (χ4v) is 4.84. The lowest BCUT2D eigenvalue weighted by molar-refractivity contribution is -0.138. The van der Waals surface area contributed by atoms with Crippen molar-refractivity contribution in [3.8, 4) is 0 Å². The Morgan fingerprint density at radius 2 is 2.00 bits per heavy atom. The summed E-state index contributed by atoms with van der Waals surface area (Å²) in [6.45, 7) is 3.90. The SMILES string of the molecule is CCNC(=O)C1=C(C)C2=NC=C(Cc3ccc(F)cc3)C3NCC(F)(F)CN(C1=O)C23C. The van der Waals surface area contributed by atoms with E-state index in [1.165, 1.54) is 12.1 Å². The minimum atomic E-state index is -3.19. The van der Waals surface area contributed by atoms with Crippen LogP contribution in [0.15, 0.2) is 52.2 Å². The maximum Gasteiger partial charge on any atom is 0.277 e. The van der Waals surface area contributed by atoms with Crippen LogP contribution in [0.4, 0.5) is 13.2 Å².